The van der Waals surface area contributed by atoms with Gasteiger partial charge in [-0.05, 0) is 18.8 Å². The first-order chi connectivity index (χ1) is 12.6. The molecular weight excluding hydrogens is 364 g/mol. The molecule has 0 spiro atoms. The van der Waals surface area contributed by atoms with Gasteiger partial charge in [0.25, 0.3) is 0 Å². The molecule has 0 heterocycles. The highest BCUT2D eigenvalue weighted by atomic mass is 16.4. The van der Waals surface area contributed by atoms with E-state index in [-0.39, 0.29) is 26.2 Å². The van der Waals surface area contributed by atoms with Gasteiger partial charge < -0.3 is 46.0 Å². The Labute approximate surface area is 159 Å². The van der Waals surface area contributed by atoms with E-state index < -0.39 is 61.2 Å². The maximum Gasteiger partial charge on any atom is 0.314 e. The summed E-state index contributed by atoms with van der Waals surface area (Å²) in [5.74, 6) is -1.96. The Balaban J connectivity index is 0. The average Bonchev–Trinajstić information content (AvgIpc) is 2.70. The summed E-state index contributed by atoms with van der Waals surface area (Å²) in [6, 6.07) is 0. The molecule has 164 valence electrons. The number of carboxylic acid groups (broad SMARTS) is 1. The molecule has 0 bridgehead atoms. The van der Waals surface area contributed by atoms with Crippen LogP contribution in [0, 0.1) is 22.2 Å². The normalized spacial score (nSPS) is 13.7. The fraction of sp³-hybridized carbons (Fsp3) is 0.941. The van der Waals surface area contributed by atoms with E-state index in [1.54, 1.807) is 6.92 Å². The third-order valence-electron chi connectivity index (χ3n) is 5.50. The third kappa shape index (κ3) is 7.24. The van der Waals surface area contributed by atoms with E-state index in [1.807, 2.05) is 6.92 Å². The van der Waals surface area contributed by atoms with E-state index >= 15 is 0 Å². The topological polar surface area (TPSA) is 199 Å². The standard InChI is InChI=1S/C11H22O7.C6H14O3/c1-8(11(5-14,6-15)7-16)2-10(3-12,4-13)9(17)18;1-2-6(3-7,4-8)5-9/h8,12-16H,2-7H2,1H3,(H,17,18);7-9H,2-5H2,1H3. The molecule has 0 rings (SSSR count). The van der Waals surface area contributed by atoms with E-state index in [2.05, 4.69) is 0 Å². The van der Waals surface area contributed by atoms with E-state index in [9.17, 15) is 20.1 Å². The quantitative estimate of drug-likeness (QED) is 0.158. The predicted octanol–water partition coefficient (Wildman–Crippen LogP) is -2.61. The smallest absolute Gasteiger partial charge is 0.314 e. The zero-order valence-corrected chi connectivity index (χ0v) is 16.1. The molecule has 0 radical (unpaired) electrons. The van der Waals surface area contributed by atoms with Crippen molar-refractivity contribution < 1.29 is 50.8 Å². The summed E-state index contributed by atoms with van der Waals surface area (Å²) in [6.07, 6.45) is 0.424. The summed E-state index contributed by atoms with van der Waals surface area (Å²) >= 11 is 0. The number of rotatable bonds is 13. The molecule has 0 aromatic heterocycles. The largest absolute Gasteiger partial charge is 0.481 e. The summed E-state index contributed by atoms with van der Waals surface area (Å²) < 4.78 is 0. The molecule has 0 aliphatic carbocycles. The van der Waals surface area contributed by atoms with Crippen LogP contribution in [0.2, 0.25) is 0 Å². The summed E-state index contributed by atoms with van der Waals surface area (Å²) in [4.78, 5) is 11.1. The Morgan fingerprint density at radius 3 is 1.26 bits per heavy atom. The van der Waals surface area contributed by atoms with Crippen LogP contribution in [0.5, 0.6) is 0 Å². The number of hydrogen-bond donors (Lipinski definition) is 9. The summed E-state index contributed by atoms with van der Waals surface area (Å²) in [5.41, 5.74) is -3.66. The van der Waals surface area contributed by atoms with Gasteiger partial charge in [0.05, 0.1) is 52.9 Å². The van der Waals surface area contributed by atoms with Crippen molar-refractivity contribution in [3.63, 3.8) is 0 Å². The van der Waals surface area contributed by atoms with Gasteiger partial charge in [0.15, 0.2) is 0 Å². The van der Waals surface area contributed by atoms with Gasteiger partial charge >= 0.3 is 5.97 Å². The molecule has 27 heavy (non-hydrogen) atoms. The molecule has 0 aliphatic rings. The SMILES string of the molecule is CC(CC(CO)(CO)C(=O)O)C(CO)(CO)CO.CCC(CO)(CO)CO. The van der Waals surface area contributed by atoms with Crippen LogP contribution in [0.15, 0.2) is 0 Å². The average molecular weight is 400 g/mol. The predicted molar refractivity (Wildman–Crippen MR) is 95.7 cm³/mol. The highest BCUT2D eigenvalue weighted by Crippen LogP contribution is 2.36. The maximum absolute atomic E-state index is 11.1. The highest BCUT2D eigenvalue weighted by Gasteiger charge is 2.44. The van der Waals surface area contributed by atoms with Crippen LogP contribution in [-0.4, -0.2) is 105 Å². The Morgan fingerprint density at radius 1 is 0.741 bits per heavy atom. The van der Waals surface area contributed by atoms with Crippen LogP contribution in [0.1, 0.15) is 26.7 Å². The van der Waals surface area contributed by atoms with E-state index in [1.165, 1.54) is 0 Å². The van der Waals surface area contributed by atoms with Gasteiger partial charge in [-0.1, -0.05) is 13.8 Å². The van der Waals surface area contributed by atoms with Crippen molar-refractivity contribution >= 4 is 5.97 Å². The second kappa shape index (κ2) is 13.3. The lowest BCUT2D eigenvalue weighted by Gasteiger charge is -2.38. The zero-order chi connectivity index (χ0) is 21.7. The second-order valence-electron chi connectivity index (χ2n) is 7.17. The number of carbonyl (C=O) groups is 1. The first-order valence-electron chi connectivity index (χ1n) is 8.72. The summed E-state index contributed by atoms with van der Waals surface area (Å²) in [5, 5.41) is 81.0. The van der Waals surface area contributed by atoms with E-state index in [0.29, 0.717) is 6.42 Å². The maximum atomic E-state index is 11.1. The molecule has 0 saturated heterocycles. The number of aliphatic carboxylic acids is 1. The number of aliphatic hydroxyl groups is 8. The van der Waals surface area contributed by atoms with Crippen LogP contribution in [0.25, 0.3) is 0 Å². The molecule has 0 saturated carbocycles. The fourth-order valence-corrected chi connectivity index (χ4v) is 2.31. The van der Waals surface area contributed by atoms with Gasteiger partial charge in [0.2, 0.25) is 0 Å². The van der Waals surface area contributed by atoms with Gasteiger partial charge in [-0.15, -0.1) is 0 Å². The lowest BCUT2D eigenvalue weighted by atomic mass is 9.69. The van der Waals surface area contributed by atoms with Crippen LogP contribution in [0.4, 0.5) is 0 Å². The lowest BCUT2D eigenvalue weighted by molar-refractivity contribution is -0.158. The molecule has 1 unspecified atom stereocenters. The summed E-state index contributed by atoms with van der Waals surface area (Å²) in [7, 11) is 0. The second-order valence-corrected chi connectivity index (χ2v) is 7.17. The molecule has 10 heteroatoms. The Bertz CT molecular complexity index is 363. The number of carboxylic acids is 1. The number of aliphatic hydroxyl groups excluding tert-OH is 8. The van der Waals surface area contributed by atoms with Crippen LogP contribution >= 0.6 is 0 Å². The first-order valence-corrected chi connectivity index (χ1v) is 8.72. The van der Waals surface area contributed by atoms with Gasteiger partial charge in [-0.2, -0.15) is 0 Å². The van der Waals surface area contributed by atoms with Crippen molar-refractivity contribution in [3.05, 3.63) is 0 Å². The van der Waals surface area contributed by atoms with Crippen LogP contribution < -0.4 is 0 Å². The molecule has 0 aliphatic heterocycles. The van der Waals surface area contributed by atoms with Crippen molar-refractivity contribution in [2.75, 3.05) is 52.9 Å². The van der Waals surface area contributed by atoms with E-state index in [0.717, 1.165) is 0 Å². The molecule has 0 aromatic rings. The highest BCUT2D eigenvalue weighted by molar-refractivity contribution is 5.75. The minimum Gasteiger partial charge on any atom is -0.481 e. The van der Waals surface area contributed by atoms with Crippen molar-refractivity contribution in [2.45, 2.75) is 26.7 Å². The van der Waals surface area contributed by atoms with Crippen molar-refractivity contribution in [2.24, 2.45) is 22.2 Å². The number of hydrogen-bond acceptors (Lipinski definition) is 9. The van der Waals surface area contributed by atoms with Crippen LogP contribution in [-0.2, 0) is 4.79 Å². The Kier molecular flexibility index (Phi) is 14.0. The first kappa shape index (κ1) is 28.4. The Morgan fingerprint density at radius 2 is 1.11 bits per heavy atom. The lowest BCUT2D eigenvalue weighted by Crippen LogP contribution is -2.47. The molecule has 1 atom stereocenters. The summed E-state index contributed by atoms with van der Waals surface area (Å²) in [6.45, 7) is -0.184. The fourth-order valence-electron chi connectivity index (χ4n) is 2.31. The Hall–Kier alpha value is -0.850. The molecule has 10 nitrogen and oxygen atoms in total. The van der Waals surface area contributed by atoms with Gasteiger partial charge in [-0.25, -0.2) is 0 Å². The molecule has 0 aromatic carbocycles. The third-order valence-corrected chi connectivity index (χ3v) is 5.50. The zero-order valence-electron chi connectivity index (χ0n) is 16.1. The minimum absolute atomic E-state index is 0.156. The van der Waals surface area contributed by atoms with Crippen molar-refractivity contribution in [1.29, 1.82) is 0 Å². The van der Waals surface area contributed by atoms with Crippen LogP contribution in [0.3, 0.4) is 0 Å². The van der Waals surface area contributed by atoms with Gasteiger partial charge in [-0.3, -0.25) is 4.79 Å². The molecule has 0 amide bonds. The van der Waals surface area contributed by atoms with Crippen molar-refractivity contribution in [3.8, 4) is 0 Å². The van der Waals surface area contributed by atoms with Gasteiger partial charge in [0.1, 0.15) is 5.41 Å². The van der Waals surface area contributed by atoms with E-state index in [4.69, 9.17) is 30.6 Å². The van der Waals surface area contributed by atoms with Crippen molar-refractivity contribution in [1.82, 2.24) is 0 Å². The molecule has 9 N–H and O–H groups in total. The monoisotopic (exact) mass is 400 g/mol. The minimum atomic E-state index is -1.75. The molecular formula is C17H36O10. The van der Waals surface area contributed by atoms with Gasteiger partial charge in [0, 0.05) is 10.8 Å². The molecule has 0 fully saturated rings.